The van der Waals surface area contributed by atoms with Gasteiger partial charge in [0.1, 0.15) is 0 Å². The Morgan fingerprint density at radius 3 is 2.56 bits per heavy atom. The lowest BCUT2D eigenvalue weighted by Crippen LogP contribution is -2.50. The van der Waals surface area contributed by atoms with Crippen molar-refractivity contribution in [2.45, 2.75) is 52.1 Å². The Hall–Kier alpha value is -1.26. The molecule has 1 aromatic carbocycles. The number of ether oxygens (including phenoxy) is 2. The van der Waals surface area contributed by atoms with Crippen LogP contribution in [0.15, 0.2) is 18.2 Å². The maximum atomic E-state index is 5.71. The zero-order valence-electron chi connectivity index (χ0n) is 16.2. The van der Waals surface area contributed by atoms with Crippen molar-refractivity contribution in [1.82, 2.24) is 9.80 Å². The van der Waals surface area contributed by atoms with E-state index in [1.54, 1.807) is 7.11 Å². The van der Waals surface area contributed by atoms with Crippen LogP contribution in [0.5, 0.6) is 11.5 Å². The van der Waals surface area contributed by atoms with E-state index in [0.717, 1.165) is 30.0 Å². The SMILES string of the molecule is CCOc1cc(CN2CCN([C@H]3CCC[C@@H](C)C3)CC2)ccc1OC. The Morgan fingerprint density at radius 1 is 1.08 bits per heavy atom. The molecule has 0 amide bonds. The van der Waals surface area contributed by atoms with E-state index in [0.29, 0.717) is 6.61 Å². The average molecular weight is 347 g/mol. The van der Waals surface area contributed by atoms with Crippen LogP contribution in [0.2, 0.25) is 0 Å². The molecule has 4 heteroatoms. The molecule has 1 aliphatic carbocycles. The van der Waals surface area contributed by atoms with Crippen LogP contribution in [0, 0.1) is 5.92 Å². The van der Waals surface area contributed by atoms with Crippen LogP contribution in [-0.4, -0.2) is 55.7 Å². The number of hydrogen-bond acceptors (Lipinski definition) is 4. The van der Waals surface area contributed by atoms with Gasteiger partial charge in [-0.3, -0.25) is 9.80 Å². The van der Waals surface area contributed by atoms with Gasteiger partial charge in [-0.2, -0.15) is 0 Å². The van der Waals surface area contributed by atoms with Gasteiger partial charge >= 0.3 is 0 Å². The molecule has 0 spiro atoms. The molecule has 2 aliphatic rings. The molecule has 1 saturated carbocycles. The molecular weight excluding hydrogens is 312 g/mol. The van der Waals surface area contributed by atoms with Crippen LogP contribution in [0.1, 0.15) is 45.1 Å². The van der Waals surface area contributed by atoms with E-state index in [1.165, 1.54) is 57.4 Å². The fourth-order valence-corrected chi connectivity index (χ4v) is 4.37. The summed E-state index contributed by atoms with van der Waals surface area (Å²) in [5.41, 5.74) is 1.31. The van der Waals surface area contributed by atoms with Crippen LogP contribution in [0.4, 0.5) is 0 Å². The summed E-state index contributed by atoms with van der Waals surface area (Å²) >= 11 is 0. The summed E-state index contributed by atoms with van der Waals surface area (Å²) in [6.07, 6.45) is 5.64. The van der Waals surface area contributed by atoms with Crippen molar-refractivity contribution in [2.75, 3.05) is 39.9 Å². The van der Waals surface area contributed by atoms with Crippen molar-refractivity contribution in [3.63, 3.8) is 0 Å². The summed E-state index contributed by atoms with van der Waals surface area (Å²) in [5, 5.41) is 0. The molecule has 3 rings (SSSR count). The molecule has 0 radical (unpaired) electrons. The standard InChI is InChI=1S/C21H34N2O2/c1-4-25-21-15-18(8-9-20(21)24-3)16-22-10-12-23(13-11-22)19-7-5-6-17(2)14-19/h8-9,15,17,19H,4-7,10-14,16H2,1-3H3/t17-,19+/m1/s1. The average Bonchev–Trinajstić information content (AvgIpc) is 2.63. The van der Waals surface area contributed by atoms with Gasteiger partial charge < -0.3 is 9.47 Å². The van der Waals surface area contributed by atoms with Crippen LogP contribution in [-0.2, 0) is 6.54 Å². The maximum Gasteiger partial charge on any atom is 0.161 e. The van der Waals surface area contributed by atoms with E-state index < -0.39 is 0 Å². The van der Waals surface area contributed by atoms with Gasteiger partial charge in [0.25, 0.3) is 0 Å². The quantitative estimate of drug-likeness (QED) is 0.782. The zero-order valence-corrected chi connectivity index (χ0v) is 16.2. The Morgan fingerprint density at radius 2 is 1.88 bits per heavy atom. The van der Waals surface area contributed by atoms with Gasteiger partial charge in [-0.15, -0.1) is 0 Å². The van der Waals surface area contributed by atoms with Crippen LogP contribution < -0.4 is 9.47 Å². The van der Waals surface area contributed by atoms with Gasteiger partial charge in [0.2, 0.25) is 0 Å². The number of nitrogens with zero attached hydrogens (tertiary/aromatic N) is 2. The molecule has 0 bridgehead atoms. The first-order valence-corrected chi connectivity index (χ1v) is 9.95. The third-order valence-corrected chi connectivity index (χ3v) is 5.77. The van der Waals surface area contributed by atoms with E-state index in [1.807, 2.05) is 13.0 Å². The molecule has 0 aromatic heterocycles. The topological polar surface area (TPSA) is 24.9 Å². The molecular formula is C21H34N2O2. The van der Waals surface area contributed by atoms with Gasteiger partial charge in [0.15, 0.2) is 11.5 Å². The predicted octanol–water partition coefficient (Wildman–Crippen LogP) is 3.79. The van der Waals surface area contributed by atoms with Crippen LogP contribution in [0.25, 0.3) is 0 Å². The van der Waals surface area contributed by atoms with Gasteiger partial charge in [0.05, 0.1) is 13.7 Å². The monoisotopic (exact) mass is 346 g/mol. The summed E-state index contributed by atoms with van der Waals surface area (Å²) in [6.45, 7) is 10.9. The number of rotatable bonds is 6. The van der Waals surface area contributed by atoms with E-state index in [9.17, 15) is 0 Å². The molecule has 2 fully saturated rings. The first kappa shape index (κ1) is 18.5. The van der Waals surface area contributed by atoms with E-state index in [4.69, 9.17) is 9.47 Å². The van der Waals surface area contributed by atoms with Crippen molar-refractivity contribution in [3.05, 3.63) is 23.8 Å². The summed E-state index contributed by atoms with van der Waals surface area (Å²) in [5.74, 6) is 2.59. The van der Waals surface area contributed by atoms with E-state index >= 15 is 0 Å². The van der Waals surface area contributed by atoms with Gasteiger partial charge in [-0.25, -0.2) is 0 Å². The van der Waals surface area contributed by atoms with Crippen molar-refractivity contribution in [2.24, 2.45) is 5.92 Å². The molecule has 0 unspecified atom stereocenters. The van der Waals surface area contributed by atoms with Crippen molar-refractivity contribution in [1.29, 1.82) is 0 Å². The summed E-state index contributed by atoms with van der Waals surface area (Å²) < 4.78 is 11.1. The molecule has 1 aliphatic heterocycles. The van der Waals surface area contributed by atoms with Crippen molar-refractivity contribution < 1.29 is 9.47 Å². The summed E-state index contributed by atoms with van der Waals surface area (Å²) in [7, 11) is 1.70. The number of piperazine rings is 1. The van der Waals surface area contributed by atoms with E-state index in [2.05, 4.69) is 28.9 Å². The highest BCUT2D eigenvalue weighted by atomic mass is 16.5. The minimum absolute atomic E-state index is 0.665. The molecule has 1 saturated heterocycles. The highest BCUT2D eigenvalue weighted by molar-refractivity contribution is 5.42. The minimum atomic E-state index is 0.665. The third-order valence-electron chi connectivity index (χ3n) is 5.77. The summed E-state index contributed by atoms with van der Waals surface area (Å²) in [6, 6.07) is 7.16. The minimum Gasteiger partial charge on any atom is -0.493 e. The highest BCUT2D eigenvalue weighted by Crippen LogP contribution is 2.30. The second kappa shape index (κ2) is 8.91. The molecule has 4 nitrogen and oxygen atoms in total. The Kier molecular flexibility index (Phi) is 6.60. The van der Waals surface area contributed by atoms with Crippen molar-refractivity contribution in [3.8, 4) is 11.5 Å². The molecule has 25 heavy (non-hydrogen) atoms. The Bertz CT molecular complexity index is 541. The fraction of sp³-hybridized carbons (Fsp3) is 0.714. The van der Waals surface area contributed by atoms with Gasteiger partial charge in [-0.1, -0.05) is 25.8 Å². The van der Waals surface area contributed by atoms with Gasteiger partial charge in [0, 0.05) is 38.8 Å². The number of hydrogen-bond donors (Lipinski definition) is 0. The maximum absolute atomic E-state index is 5.71. The second-order valence-corrected chi connectivity index (χ2v) is 7.66. The van der Waals surface area contributed by atoms with Crippen LogP contribution in [0.3, 0.4) is 0 Å². The Balaban J connectivity index is 1.52. The summed E-state index contributed by atoms with van der Waals surface area (Å²) in [4.78, 5) is 5.31. The largest absolute Gasteiger partial charge is 0.493 e. The predicted molar refractivity (Wildman–Crippen MR) is 102 cm³/mol. The lowest BCUT2D eigenvalue weighted by atomic mass is 9.86. The van der Waals surface area contributed by atoms with Gasteiger partial charge in [-0.05, 0) is 43.4 Å². The fourth-order valence-electron chi connectivity index (χ4n) is 4.37. The molecule has 140 valence electrons. The van der Waals surface area contributed by atoms with E-state index in [-0.39, 0.29) is 0 Å². The first-order valence-electron chi connectivity index (χ1n) is 9.95. The normalized spacial score (nSPS) is 25.7. The smallest absolute Gasteiger partial charge is 0.161 e. The van der Waals surface area contributed by atoms with Crippen LogP contribution >= 0.6 is 0 Å². The van der Waals surface area contributed by atoms with Crippen molar-refractivity contribution >= 4 is 0 Å². The Labute approximate surface area is 153 Å². The number of benzene rings is 1. The zero-order chi connectivity index (χ0) is 17.6. The second-order valence-electron chi connectivity index (χ2n) is 7.66. The molecule has 1 aromatic rings. The number of methoxy groups -OCH3 is 1. The molecule has 1 heterocycles. The molecule has 0 N–H and O–H groups in total. The highest BCUT2D eigenvalue weighted by Gasteiger charge is 2.27. The first-order chi connectivity index (χ1) is 12.2. The third kappa shape index (κ3) is 4.89. The molecule has 2 atom stereocenters. The lowest BCUT2D eigenvalue weighted by Gasteiger charge is -2.42. The lowest BCUT2D eigenvalue weighted by molar-refractivity contribution is 0.0659.